The number of aromatic nitrogens is 2. The van der Waals surface area contributed by atoms with Crippen LogP contribution in [0.2, 0.25) is 0 Å². The first kappa shape index (κ1) is 20.1. The monoisotopic (exact) mass is 439 g/mol. The van der Waals surface area contributed by atoms with Crippen LogP contribution in [0, 0.1) is 5.92 Å². The van der Waals surface area contributed by atoms with Crippen molar-refractivity contribution in [3.05, 3.63) is 72.9 Å². The van der Waals surface area contributed by atoms with Crippen LogP contribution in [0.25, 0.3) is 16.6 Å². The molecule has 2 aliphatic heterocycles. The number of para-hydroxylation sites is 3. The van der Waals surface area contributed by atoms with Crippen molar-refractivity contribution in [2.75, 3.05) is 49.1 Å². The molecule has 2 fully saturated rings. The molecule has 4 aromatic rings. The molecular weight excluding hydrogens is 410 g/mol. The Morgan fingerprint density at radius 2 is 1.55 bits per heavy atom. The number of piperazine rings is 1. The second-order valence-electron chi connectivity index (χ2n) is 9.12. The van der Waals surface area contributed by atoms with E-state index in [-0.39, 0.29) is 5.92 Å². The van der Waals surface area contributed by atoms with Gasteiger partial charge in [-0.05, 0) is 49.2 Å². The summed E-state index contributed by atoms with van der Waals surface area (Å²) >= 11 is 0. The van der Waals surface area contributed by atoms with Crippen molar-refractivity contribution < 1.29 is 4.79 Å². The molecule has 0 saturated carbocycles. The fourth-order valence-corrected chi connectivity index (χ4v) is 5.39. The number of amides is 1. The first-order valence-electron chi connectivity index (χ1n) is 12.0. The zero-order valence-electron chi connectivity index (χ0n) is 18.8. The molecule has 0 bridgehead atoms. The van der Waals surface area contributed by atoms with Crippen molar-refractivity contribution in [3.8, 4) is 0 Å². The van der Waals surface area contributed by atoms with Crippen molar-refractivity contribution >= 4 is 34.0 Å². The lowest BCUT2D eigenvalue weighted by Gasteiger charge is -2.40. The fraction of sp³-hybridized carbons (Fsp3) is 0.333. The molecular formula is C27H29N5O. The van der Waals surface area contributed by atoms with Crippen LogP contribution >= 0.6 is 0 Å². The summed E-state index contributed by atoms with van der Waals surface area (Å²) in [6, 6.07) is 23.0. The van der Waals surface area contributed by atoms with Gasteiger partial charge in [-0.2, -0.15) is 0 Å². The van der Waals surface area contributed by atoms with Crippen LogP contribution in [0.3, 0.4) is 0 Å². The highest BCUT2D eigenvalue weighted by molar-refractivity contribution is 5.86. The van der Waals surface area contributed by atoms with Crippen molar-refractivity contribution in [1.82, 2.24) is 14.3 Å². The van der Waals surface area contributed by atoms with Gasteiger partial charge in [0.2, 0.25) is 5.91 Å². The minimum absolute atomic E-state index is 0.0327. The van der Waals surface area contributed by atoms with Gasteiger partial charge in [0, 0.05) is 51.2 Å². The molecule has 2 aromatic heterocycles. The maximum Gasteiger partial charge on any atom is 0.227 e. The van der Waals surface area contributed by atoms with Gasteiger partial charge in [-0.1, -0.05) is 30.3 Å². The van der Waals surface area contributed by atoms with Crippen LogP contribution in [0.1, 0.15) is 12.8 Å². The van der Waals surface area contributed by atoms with Gasteiger partial charge in [0.15, 0.2) is 5.82 Å². The number of carbonyl (C=O) groups is 1. The molecule has 6 nitrogen and oxygen atoms in total. The van der Waals surface area contributed by atoms with E-state index >= 15 is 0 Å². The molecule has 0 aliphatic carbocycles. The molecule has 1 atom stereocenters. The van der Waals surface area contributed by atoms with Gasteiger partial charge in [-0.3, -0.25) is 4.79 Å². The van der Waals surface area contributed by atoms with Gasteiger partial charge < -0.3 is 19.1 Å². The summed E-state index contributed by atoms with van der Waals surface area (Å²) < 4.78 is 2.21. The van der Waals surface area contributed by atoms with Gasteiger partial charge in [0.1, 0.15) is 0 Å². The van der Waals surface area contributed by atoms with Gasteiger partial charge in [-0.25, -0.2) is 4.98 Å². The van der Waals surface area contributed by atoms with E-state index in [2.05, 4.69) is 79.9 Å². The number of nitrogens with zero attached hydrogens (tertiary/aromatic N) is 5. The maximum absolute atomic E-state index is 13.5. The molecule has 0 spiro atoms. The molecule has 0 radical (unpaired) electrons. The fourth-order valence-electron chi connectivity index (χ4n) is 5.39. The first-order chi connectivity index (χ1) is 16.3. The van der Waals surface area contributed by atoms with E-state index < -0.39 is 0 Å². The SMILES string of the molecule is O=C(C1CCCN(c2nc3ccccc3n3cccc23)C1)N1CCN(c2ccccc2)CC1. The van der Waals surface area contributed by atoms with Crippen LogP contribution in [-0.4, -0.2) is 59.5 Å². The Balaban J connectivity index is 1.19. The second-order valence-corrected chi connectivity index (χ2v) is 9.12. The molecule has 2 aliphatic rings. The Labute approximate surface area is 194 Å². The largest absolute Gasteiger partial charge is 0.368 e. The predicted molar refractivity (Wildman–Crippen MR) is 133 cm³/mol. The second kappa shape index (κ2) is 8.43. The standard InChI is InChI=1S/C27H29N5O/c33-27(30-18-16-29(17-19-30)22-9-2-1-3-10-22)21-8-6-14-31(20-21)26-25-13-7-15-32(25)24-12-5-4-11-23(24)28-26/h1-5,7,9-13,15,21H,6,8,14,16-20H2. The quantitative estimate of drug-likeness (QED) is 0.483. The van der Waals surface area contributed by atoms with Gasteiger partial charge in [0.05, 0.1) is 22.5 Å². The molecule has 2 saturated heterocycles. The molecule has 1 amide bonds. The van der Waals surface area contributed by atoms with Gasteiger partial charge >= 0.3 is 0 Å². The Bertz CT molecular complexity index is 1280. The number of hydrogen-bond donors (Lipinski definition) is 0. The van der Waals surface area contributed by atoms with Crippen LogP contribution in [0.15, 0.2) is 72.9 Å². The Morgan fingerprint density at radius 1 is 0.788 bits per heavy atom. The maximum atomic E-state index is 13.5. The smallest absolute Gasteiger partial charge is 0.227 e. The molecule has 33 heavy (non-hydrogen) atoms. The molecule has 1 unspecified atom stereocenters. The van der Waals surface area contributed by atoms with E-state index in [4.69, 9.17) is 4.98 Å². The Hall–Kier alpha value is -3.54. The predicted octanol–water partition coefficient (Wildman–Crippen LogP) is 4.05. The van der Waals surface area contributed by atoms with Crippen LogP contribution in [0.5, 0.6) is 0 Å². The zero-order valence-corrected chi connectivity index (χ0v) is 18.8. The number of piperidine rings is 1. The van der Waals surface area contributed by atoms with Gasteiger partial charge in [-0.15, -0.1) is 0 Å². The molecule has 6 rings (SSSR count). The lowest BCUT2D eigenvalue weighted by molar-refractivity contribution is -0.136. The summed E-state index contributed by atoms with van der Waals surface area (Å²) in [6.45, 7) is 5.05. The number of fused-ring (bicyclic) bond motifs is 3. The molecule has 0 N–H and O–H groups in total. The number of benzene rings is 2. The third-order valence-corrected chi connectivity index (χ3v) is 7.13. The molecule has 2 aromatic carbocycles. The van der Waals surface area contributed by atoms with E-state index in [0.717, 1.165) is 74.5 Å². The third-order valence-electron chi connectivity index (χ3n) is 7.13. The average molecular weight is 440 g/mol. The number of anilines is 2. The molecule has 168 valence electrons. The highest BCUT2D eigenvalue weighted by atomic mass is 16.2. The zero-order chi connectivity index (χ0) is 22.2. The Kier molecular flexibility index (Phi) is 5.13. The molecule has 4 heterocycles. The summed E-state index contributed by atoms with van der Waals surface area (Å²) in [6.07, 6.45) is 4.07. The first-order valence-corrected chi connectivity index (χ1v) is 12.0. The summed E-state index contributed by atoms with van der Waals surface area (Å²) in [5.74, 6) is 1.33. The van der Waals surface area contributed by atoms with E-state index in [1.54, 1.807) is 0 Å². The number of hydrogen-bond acceptors (Lipinski definition) is 4. The van der Waals surface area contributed by atoms with E-state index in [0.29, 0.717) is 5.91 Å². The normalized spacial score (nSPS) is 19.4. The van der Waals surface area contributed by atoms with Crippen LogP contribution < -0.4 is 9.80 Å². The lowest BCUT2D eigenvalue weighted by Crippen LogP contribution is -2.52. The topological polar surface area (TPSA) is 44.1 Å². The van der Waals surface area contributed by atoms with E-state index in [1.165, 1.54) is 5.69 Å². The highest BCUT2D eigenvalue weighted by Crippen LogP contribution is 2.30. The summed E-state index contributed by atoms with van der Waals surface area (Å²) in [7, 11) is 0. The highest BCUT2D eigenvalue weighted by Gasteiger charge is 2.32. The van der Waals surface area contributed by atoms with Crippen molar-refractivity contribution in [1.29, 1.82) is 0 Å². The summed E-state index contributed by atoms with van der Waals surface area (Å²) in [4.78, 5) is 25.3. The average Bonchev–Trinajstić information content (AvgIpc) is 3.39. The minimum Gasteiger partial charge on any atom is -0.368 e. The van der Waals surface area contributed by atoms with Crippen molar-refractivity contribution in [3.63, 3.8) is 0 Å². The van der Waals surface area contributed by atoms with Crippen LogP contribution in [0.4, 0.5) is 11.5 Å². The molecule has 6 heteroatoms. The lowest BCUT2D eigenvalue weighted by atomic mass is 9.96. The number of carbonyl (C=O) groups excluding carboxylic acids is 1. The van der Waals surface area contributed by atoms with E-state index in [9.17, 15) is 4.79 Å². The van der Waals surface area contributed by atoms with Crippen LogP contribution in [-0.2, 0) is 4.79 Å². The minimum atomic E-state index is 0.0327. The Morgan fingerprint density at radius 3 is 2.39 bits per heavy atom. The van der Waals surface area contributed by atoms with E-state index in [1.807, 2.05) is 12.1 Å². The third kappa shape index (κ3) is 3.69. The summed E-state index contributed by atoms with van der Waals surface area (Å²) in [5.41, 5.74) is 4.45. The van der Waals surface area contributed by atoms with Crippen molar-refractivity contribution in [2.24, 2.45) is 5.92 Å². The van der Waals surface area contributed by atoms with Crippen molar-refractivity contribution in [2.45, 2.75) is 12.8 Å². The number of rotatable bonds is 3. The van der Waals surface area contributed by atoms with Gasteiger partial charge in [0.25, 0.3) is 0 Å². The summed E-state index contributed by atoms with van der Waals surface area (Å²) in [5, 5.41) is 0.